The second kappa shape index (κ2) is 18.3. The molecule has 0 saturated carbocycles. The molecule has 0 fully saturated rings. The van der Waals surface area contributed by atoms with E-state index in [-0.39, 0.29) is 0 Å². The van der Waals surface area contributed by atoms with Crippen LogP contribution >= 0.6 is 0 Å². The van der Waals surface area contributed by atoms with E-state index in [1.165, 1.54) is 111 Å². The van der Waals surface area contributed by atoms with E-state index in [2.05, 4.69) is 279 Å². The highest BCUT2D eigenvalue weighted by atomic mass is 14.1. The van der Waals surface area contributed by atoms with E-state index in [1.54, 1.807) is 0 Å². The van der Waals surface area contributed by atoms with Gasteiger partial charge in [0.2, 0.25) is 0 Å². The van der Waals surface area contributed by atoms with E-state index >= 15 is 0 Å². The van der Waals surface area contributed by atoms with Gasteiger partial charge >= 0.3 is 0 Å². The molecule has 0 heterocycles. The van der Waals surface area contributed by atoms with Gasteiger partial charge in [-0.25, -0.2) is 0 Å². The molecule has 11 aromatic carbocycles. The average Bonchev–Trinajstić information content (AvgIpc) is 3.42. The van der Waals surface area contributed by atoms with Gasteiger partial charge in [-0.15, -0.1) is 0 Å². The maximum Gasteiger partial charge on any atom is -0.0178 e. The smallest absolute Gasteiger partial charge is 0.0178 e. The Balaban J connectivity index is 0.752. The summed E-state index contributed by atoms with van der Waals surface area (Å²) in [7, 11) is 0. The van der Waals surface area contributed by atoms with E-state index in [1.807, 2.05) is 0 Å². The quantitative estimate of drug-likeness (QED) is 0.129. The summed E-state index contributed by atoms with van der Waals surface area (Å²) in [6.45, 7) is 0. The molecular weight excluding hydrogens is 793 g/mol. The molecule has 0 nitrogen and oxygen atoms in total. The molecule has 11 rings (SSSR count). The molecule has 0 aliphatic carbocycles. The van der Waals surface area contributed by atoms with Crippen LogP contribution in [0.3, 0.4) is 0 Å². The van der Waals surface area contributed by atoms with E-state index in [9.17, 15) is 0 Å². The van der Waals surface area contributed by atoms with Gasteiger partial charge < -0.3 is 0 Å². The maximum atomic E-state index is 2.30. The van der Waals surface area contributed by atoms with Crippen LogP contribution in [0.5, 0.6) is 0 Å². The Kier molecular flexibility index (Phi) is 11.1. The first kappa shape index (κ1) is 40.2. The fourth-order valence-corrected chi connectivity index (χ4v) is 9.05. The van der Waals surface area contributed by atoms with Crippen molar-refractivity contribution in [1.29, 1.82) is 0 Å². The summed E-state index contributed by atoms with van der Waals surface area (Å²) in [5.41, 5.74) is 24.2. The van der Waals surface area contributed by atoms with Gasteiger partial charge in [0.25, 0.3) is 0 Å². The van der Waals surface area contributed by atoms with Crippen molar-refractivity contribution >= 4 is 0 Å². The molecule has 0 saturated heterocycles. The standard InChI is InChI=1S/C66H46/c1-3-11-47(12-4-1)49-27-35-55(36-28-49)59-15-7-19-63(43-59)65-21-9-17-61(45-65)57-39-31-53(32-40-57)51-23-25-52(26-24-51)54-33-41-58(42-34-54)62-18-10-22-66(46-62)64-20-8-16-60(44-64)56-37-29-50(30-38-56)48-13-5-2-6-14-48/h1-46H. The van der Waals surface area contributed by atoms with Gasteiger partial charge in [-0.2, -0.15) is 0 Å². The molecule has 0 unspecified atom stereocenters. The Morgan fingerprint density at radius 3 is 0.394 bits per heavy atom. The molecular formula is C66H46. The first-order chi connectivity index (χ1) is 32.7. The van der Waals surface area contributed by atoms with Crippen molar-refractivity contribution in [1.82, 2.24) is 0 Å². The normalized spacial score (nSPS) is 11.0. The maximum absolute atomic E-state index is 2.30. The van der Waals surface area contributed by atoms with Crippen molar-refractivity contribution < 1.29 is 0 Å². The third kappa shape index (κ3) is 8.69. The fourth-order valence-electron chi connectivity index (χ4n) is 9.05. The minimum atomic E-state index is 1.20. The number of hydrogen-bond donors (Lipinski definition) is 0. The van der Waals surface area contributed by atoms with E-state index in [0.29, 0.717) is 0 Å². The third-order valence-electron chi connectivity index (χ3n) is 12.8. The zero-order chi connectivity index (χ0) is 44.1. The van der Waals surface area contributed by atoms with Gasteiger partial charge in [0.05, 0.1) is 0 Å². The van der Waals surface area contributed by atoms with Gasteiger partial charge in [0.1, 0.15) is 0 Å². The summed E-state index contributed by atoms with van der Waals surface area (Å²) in [5, 5.41) is 0. The molecule has 0 aliphatic heterocycles. The van der Waals surface area contributed by atoms with Crippen molar-refractivity contribution in [2.45, 2.75) is 0 Å². The van der Waals surface area contributed by atoms with Crippen molar-refractivity contribution in [2.75, 3.05) is 0 Å². The van der Waals surface area contributed by atoms with Crippen LogP contribution < -0.4 is 0 Å². The van der Waals surface area contributed by atoms with Crippen LogP contribution in [-0.4, -0.2) is 0 Å². The molecule has 0 amide bonds. The zero-order valence-corrected chi connectivity index (χ0v) is 36.6. The average molecular weight is 839 g/mol. The lowest BCUT2D eigenvalue weighted by Gasteiger charge is -2.11. The molecule has 0 aromatic heterocycles. The molecule has 0 aliphatic rings. The summed E-state index contributed by atoms with van der Waals surface area (Å²) >= 11 is 0. The Labute approximate surface area is 388 Å². The lowest BCUT2D eigenvalue weighted by atomic mass is 9.94. The van der Waals surface area contributed by atoms with Gasteiger partial charge in [-0.1, -0.05) is 255 Å². The second-order valence-electron chi connectivity index (χ2n) is 16.9. The fraction of sp³-hybridized carbons (Fsp3) is 0. The monoisotopic (exact) mass is 838 g/mol. The first-order valence-corrected chi connectivity index (χ1v) is 22.7. The topological polar surface area (TPSA) is 0 Å². The first-order valence-electron chi connectivity index (χ1n) is 22.7. The van der Waals surface area contributed by atoms with E-state index in [0.717, 1.165) is 0 Å². The predicted molar refractivity (Wildman–Crippen MR) is 281 cm³/mol. The summed E-state index contributed by atoms with van der Waals surface area (Å²) in [4.78, 5) is 0. The van der Waals surface area contributed by atoms with Crippen molar-refractivity contribution in [3.05, 3.63) is 279 Å². The molecule has 310 valence electrons. The zero-order valence-electron chi connectivity index (χ0n) is 36.6. The van der Waals surface area contributed by atoms with E-state index in [4.69, 9.17) is 0 Å². The largest absolute Gasteiger partial charge is 0.0622 e. The third-order valence-corrected chi connectivity index (χ3v) is 12.8. The van der Waals surface area contributed by atoms with Gasteiger partial charge in [0, 0.05) is 0 Å². The highest BCUT2D eigenvalue weighted by molar-refractivity contribution is 5.81. The van der Waals surface area contributed by atoms with Crippen LogP contribution in [-0.2, 0) is 0 Å². The molecule has 11 aromatic rings. The minimum Gasteiger partial charge on any atom is -0.0622 e. The number of hydrogen-bond acceptors (Lipinski definition) is 0. The number of benzene rings is 11. The summed E-state index contributed by atoms with van der Waals surface area (Å²) in [6.07, 6.45) is 0. The van der Waals surface area contributed by atoms with Crippen molar-refractivity contribution in [3.63, 3.8) is 0 Å². The van der Waals surface area contributed by atoms with Crippen molar-refractivity contribution in [3.8, 4) is 111 Å². The molecule has 0 atom stereocenters. The molecule has 0 bridgehead atoms. The highest BCUT2D eigenvalue weighted by Gasteiger charge is 2.09. The van der Waals surface area contributed by atoms with Crippen LogP contribution in [0.1, 0.15) is 0 Å². The van der Waals surface area contributed by atoms with Gasteiger partial charge in [-0.05, 0) is 136 Å². The molecule has 0 heteroatoms. The Morgan fingerprint density at radius 1 is 0.0909 bits per heavy atom. The van der Waals surface area contributed by atoms with Gasteiger partial charge in [0.15, 0.2) is 0 Å². The Hall–Kier alpha value is -8.58. The van der Waals surface area contributed by atoms with Crippen LogP contribution in [0.15, 0.2) is 279 Å². The minimum absolute atomic E-state index is 1.20. The molecule has 66 heavy (non-hydrogen) atoms. The predicted octanol–water partition coefficient (Wildman–Crippen LogP) is 18.4. The lowest BCUT2D eigenvalue weighted by molar-refractivity contribution is 1.55. The molecule has 0 spiro atoms. The van der Waals surface area contributed by atoms with Crippen LogP contribution in [0.25, 0.3) is 111 Å². The lowest BCUT2D eigenvalue weighted by Crippen LogP contribution is -1.85. The van der Waals surface area contributed by atoms with Crippen molar-refractivity contribution in [2.24, 2.45) is 0 Å². The summed E-state index contributed by atoms with van der Waals surface area (Å²) in [5.74, 6) is 0. The van der Waals surface area contributed by atoms with Gasteiger partial charge in [-0.3, -0.25) is 0 Å². The SMILES string of the molecule is c1ccc(-c2ccc(-c3cccc(-c4cccc(-c5ccc(-c6ccc(-c7ccc(-c8cccc(-c9cccc(-c%10ccc(-c%11ccccc%11)cc%10)c9)c8)cc7)cc6)cc5)c4)c3)cc2)cc1. The highest BCUT2D eigenvalue weighted by Crippen LogP contribution is 2.35. The van der Waals surface area contributed by atoms with Crippen LogP contribution in [0.4, 0.5) is 0 Å². The second-order valence-corrected chi connectivity index (χ2v) is 16.9. The molecule has 0 N–H and O–H groups in total. The summed E-state index contributed by atoms with van der Waals surface area (Å²) < 4.78 is 0. The molecule has 0 radical (unpaired) electrons. The van der Waals surface area contributed by atoms with Crippen LogP contribution in [0, 0.1) is 0 Å². The Morgan fingerprint density at radius 2 is 0.212 bits per heavy atom. The Bertz CT molecular complexity index is 3150. The number of rotatable bonds is 10. The van der Waals surface area contributed by atoms with E-state index < -0.39 is 0 Å². The van der Waals surface area contributed by atoms with Crippen LogP contribution in [0.2, 0.25) is 0 Å². The summed E-state index contributed by atoms with van der Waals surface area (Å²) in [6, 6.07) is 101.